The van der Waals surface area contributed by atoms with Crippen LogP contribution in [0.2, 0.25) is 0 Å². The SMILES string of the molecule is COCCN/C=C\C(=N)NC(=O)c1ccc2cc3n(c2c1)CCCc1c-3c2c(N)ncnc2n1C(C)C. The van der Waals surface area contributed by atoms with E-state index in [1.54, 1.807) is 19.4 Å². The number of aromatic nitrogens is 4. The molecule has 0 fully saturated rings. The lowest BCUT2D eigenvalue weighted by atomic mass is 10.1. The van der Waals surface area contributed by atoms with E-state index in [0.717, 1.165) is 52.6 Å². The first-order chi connectivity index (χ1) is 17.9. The van der Waals surface area contributed by atoms with Gasteiger partial charge < -0.3 is 30.2 Å². The van der Waals surface area contributed by atoms with Crippen LogP contribution in [0, 0.1) is 5.41 Å². The number of anilines is 1. The first kappa shape index (κ1) is 24.5. The number of aryl methyl sites for hydroxylation is 1. The van der Waals surface area contributed by atoms with Gasteiger partial charge in [0.05, 0.1) is 17.7 Å². The van der Waals surface area contributed by atoms with E-state index in [1.807, 2.05) is 12.1 Å². The number of ether oxygens (including phenoxy) is 1. The Kier molecular flexibility index (Phi) is 6.66. The van der Waals surface area contributed by atoms with Crippen LogP contribution < -0.4 is 16.4 Å². The molecule has 10 heteroatoms. The Morgan fingerprint density at radius 1 is 1.30 bits per heavy atom. The molecule has 5 rings (SSSR count). The second-order valence-electron chi connectivity index (χ2n) is 9.45. The van der Waals surface area contributed by atoms with Crippen molar-refractivity contribution >= 4 is 39.5 Å². The number of hydrogen-bond donors (Lipinski definition) is 4. The molecule has 192 valence electrons. The van der Waals surface area contributed by atoms with Crippen molar-refractivity contribution in [1.82, 2.24) is 29.7 Å². The number of nitrogens with two attached hydrogens (primary N) is 1. The molecule has 4 aromatic rings. The standard InChI is InChI=1S/C27H32N8O2/c1-16(2)35-19-5-4-11-34-20-14-18(27(36)33-22(28)8-9-30-10-12-37-3)7-6-17(20)13-21(34)23(19)24-25(29)31-15-32-26(24)35/h6-9,13-16,30H,4-5,10-12H2,1-3H3,(H2,28,33,36)(H2,29,31,32)/b9-8-. The summed E-state index contributed by atoms with van der Waals surface area (Å²) in [6.45, 7) is 6.32. The third kappa shape index (κ3) is 4.44. The minimum Gasteiger partial charge on any atom is -0.388 e. The molecule has 5 N–H and O–H groups in total. The van der Waals surface area contributed by atoms with E-state index in [2.05, 4.69) is 49.6 Å². The molecule has 0 unspecified atom stereocenters. The van der Waals surface area contributed by atoms with Gasteiger partial charge >= 0.3 is 0 Å². The third-order valence-electron chi connectivity index (χ3n) is 6.72. The van der Waals surface area contributed by atoms with Crippen molar-refractivity contribution < 1.29 is 9.53 Å². The Hall–Kier alpha value is -4.18. The summed E-state index contributed by atoms with van der Waals surface area (Å²) in [6.07, 6.45) is 6.50. The fourth-order valence-corrected chi connectivity index (χ4v) is 5.15. The number of nitrogens with zero attached hydrogens (tertiary/aromatic N) is 4. The summed E-state index contributed by atoms with van der Waals surface area (Å²) >= 11 is 0. The molecular formula is C27H32N8O2. The first-order valence-electron chi connectivity index (χ1n) is 12.5. The molecule has 0 radical (unpaired) electrons. The van der Waals surface area contributed by atoms with Crippen LogP contribution in [0.4, 0.5) is 5.82 Å². The predicted octanol–water partition coefficient (Wildman–Crippen LogP) is 3.62. The quantitative estimate of drug-likeness (QED) is 0.174. The molecule has 0 saturated heterocycles. The molecule has 1 aromatic carbocycles. The molecular weight excluding hydrogens is 468 g/mol. The van der Waals surface area contributed by atoms with Crippen LogP contribution in [0.1, 0.15) is 42.4 Å². The van der Waals surface area contributed by atoms with Crippen molar-refractivity contribution in [3.63, 3.8) is 0 Å². The highest BCUT2D eigenvalue weighted by Crippen LogP contribution is 2.42. The number of carbonyl (C=O) groups is 1. The van der Waals surface area contributed by atoms with Gasteiger partial charge in [0.1, 0.15) is 23.6 Å². The van der Waals surface area contributed by atoms with Gasteiger partial charge in [0, 0.05) is 60.2 Å². The van der Waals surface area contributed by atoms with Crippen molar-refractivity contribution in [2.75, 3.05) is 26.0 Å². The second-order valence-corrected chi connectivity index (χ2v) is 9.45. The Morgan fingerprint density at radius 3 is 2.92 bits per heavy atom. The number of amidine groups is 1. The largest absolute Gasteiger partial charge is 0.388 e. The third-order valence-corrected chi connectivity index (χ3v) is 6.72. The van der Waals surface area contributed by atoms with Gasteiger partial charge in [0.2, 0.25) is 0 Å². The molecule has 37 heavy (non-hydrogen) atoms. The van der Waals surface area contributed by atoms with E-state index >= 15 is 0 Å². The molecule has 1 aliphatic heterocycles. The average molecular weight is 501 g/mol. The van der Waals surface area contributed by atoms with Gasteiger partial charge in [0.15, 0.2) is 0 Å². The zero-order valence-electron chi connectivity index (χ0n) is 21.3. The predicted molar refractivity (Wildman–Crippen MR) is 146 cm³/mol. The number of benzene rings is 1. The molecule has 0 saturated carbocycles. The summed E-state index contributed by atoms with van der Waals surface area (Å²) in [7, 11) is 1.63. The maximum atomic E-state index is 12.9. The Labute approximate surface area is 215 Å². The molecule has 4 heterocycles. The molecule has 0 spiro atoms. The highest BCUT2D eigenvalue weighted by molar-refractivity contribution is 6.10. The molecule has 1 aliphatic rings. The maximum Gasteiger partial charge on any atom is 0.256 e. The molecule has 10 nitrogen and oxygen atoms in total. The second kappa shape index (κ2) is 10.1. The molecule has 3 aromatic heterocycles. The number of hydrogen-bond acceptors (Lipinski definition) is 7. The zero-order valence-corrected chi connectivity index (χ0v) is 21.3. The fraction of sp³-hybridized carbons (Fsp3) is 0.333. The minimum atomic E-state index is -0.327. The van der Waals surface area contributed by atoms with Crippen molar-refractivity contribution in [2.45, 2.75) is 39.3 Å². The fourth-order valence-electron chi connectivity index (χ4n) is 5.15. The Morgan fingerprint density at radius 2 is 2.14 bits per heavy atom. The summed E-state index contributed by atoms with van der Waals surface area (Å²) in [5.74, 6) is 0.153. The van der Waals surface area contributed by atoms with Crippen LogP contribution in [0.5, 0.6) is 0 Å². The lowest BCUT2D eigenvalue weighted by molar-refractivity contribution is 0.0977. The number of nitrogens with one attached hydrogen (secondary N) is 3. The lowest BCUT2D eigenvalue weighted by Gasteiger charge is -2.13. The van der Waals surface area contributed by atoms with Crippen LogP contribution in [0.3, 0.4) is 0 Å². The molecule has 1 amide bonds. The van der Waals surface area contributed by atoms with Gasteiger partial charge in [0.25, 0.3) is 5.91 Å². The molecule has 0 atom stereocenters. The van der Waals surface area contributed by atoms with Crippen LogP contribution in [0.25, 0.3) is 33.2 Å². The van der Waals surface area contributed by atoms with Crippen LogP contribution in [-0.4, -0.2) is 51.1 Å². The van der Waals surface area contributed by atoms with Crippen LogP contribution in [-0.2, 0) is 17.7 Å². The van der Waals surface area contributed by atoms with Gasteiger partial charge in [-0.25, -0.2) is 9.97 Å². The van der Waals surface area contributed by atoms with Crippen molar-refractivity contribution in [2.24, 2.45) is 0 Å². The van der Waals surface area contributed by atoms with Crippen molar-refractivity contribution in [3.05, 3.63) is 54.1 Å². The number of carbonyl (C=O) groups excluding carboxylic acids is 1. The van der Waals surface area contributed by atoms with E-state index in [-0.39, 0.29) is 17.8 Å². The summed E-state index contributed by atoms with van der Waals surface area (Å²) in [5, 5.41) is 15.6. The van der Waals surface area contributed by atoms with Crippen LogP contribution >= 0.6 is 0 Å². The smallest absolute Gasteiger partial charge is 0.256 e. The van der Waals surface area contributed by atoms with E-state index in [9.17, 15) is 4.79 Å². The van der Waals surface area contributed by atoms with Gasteiger partial charge in [-0.3, -0.25) is 10.2 Å². The number of fused-ring (bicyclic) bond motifs is 7. The first-order valence-corrected chi connectivity index (χ1v) is 12.5. The molecule has 0 aliphatic carbocycles. The monoisotopic (exact) mass is 500 g/mol. The van der Waals surface area contributed by atoms with Gasteiger partial charge in [-0.1, -0.05) is 6.07 Å². The van der Waals surface area contributed by atoms with Gasteiger partial charge in [-0.15, -0.1) is 0 Å². The topological polar surface area (TPSA) is 136 Å². The number of rotatable bonds is 7. The van der Waals surface area contributed by atoms with Crippen molar-refractivity contribution in [1.29, 1.82) is 5.41 Å². The normalized spacial score (nSPS) is 13.2. The zero-order chi connectivity index (χ0) is 26.1. The number of amides is 1. The summed E-state index contributed by atoms with van der Waals surface area (Å²) in [6, 6.07) is 8.04. The highest BCUT2D eigenvalue weighted by Gasteiger charge is 2.28. The maximum absolute atomic E-state index is 12.9. The number of nitrogen functional groups attached to an aromatic ring is 1. The van der Waals surface area contributed by atoms with E-state index in [1.165, 1.54) is 18.1 Å². The van der Waals surface area contributed by atoms with E-state index in [0.29, 0.717) is 24.5 Å². The van der Waals surface area contributed by atoms with Crippen LogP contribution in [0.15, 0.2) is 42.9 Å². The van der Waals surface area contributed by atoms with E-state index < -0.39 is 0 Å². The average Bonchev–Trinajstić information content (AvgIpc) is 3.33. The lowest BCUT2D eigenvalue weighted by Crippen LogP contribution is -2.28. The van der Waals surface area contributed by atoms with E-state index in [4.69, 9.17) is 15.9 Å². The van der Waals surface area contributed by atoms with Gasteiger partial charge in [-0.2, -0.15) is 0 Å². The van der Waals surface area contributed by atoms with Crippen molar-refractivity contribution in [3.8, 4) is 11.3 Å². The Balaban J connectivity index is 1.52. The van der Waals surface area contributed by atoms with Gasteiger partial charge in [-0.05, 0) is 51.0 Å². The molecule has 0 bridgehead atoms. The number of methoxy groups -OCH3 is 1. The minimum absolute atomic E-state index is 0.00520. The highest BCUT2D eigenvalue weighted by atomic mass is 16.5. The summed E-state index contributed by atoms with van der Waals surface area (Å²) in [4.78, 5) is 21.8. The summed E-state index contributed by atoms with van der Waals surface area (Å²) < 4.78 is 9.51. The Bertz CT molecular complexity index is 1530. The summed E-state index contributed by atoms with van der Waals surface area (Å²) in [5.41, 5.74) is 12.1.